The van der Waals surface area contributed by atoms with E-state index < -0.39 is 0 Å². The normalized spacial score (nSPS) is 16.6. The zero-order chi connectivity index (χ0) is 16.8. The summed E-state index contributed by atoms with van der Waals surface area (Å²) >= 11 is 0. The molecule has 2 amide bonds. The summed E-state index contributed by atoms with van der Waals surface area (Å²) in [6.45, 7) is 3.73. The summed E-state index contributed by atoms with van der Waals surface area (Å²) < 4.78 is 11.1. The highest BCUT2D eigenvalue weighted by molar-refractivity contribution is 5.90. The third kappa shape index (κ3) is 4.26. The van der Waals surface area contributed by atoms with Crippen LogP contribution in [0.3, 0.4) is 0 Å². The lowest BCUT2D eigenvalue weighted by molar-refractivity contribution is 0.189. The van der Waals surface area contributed by atoms with Gasteiger partial charge in [0.1, 0.15) is 12.4 Å². The maximum atomic E-state index is 12.1. The summed E-state index contributed by atoms with van der Waals surface area (Å²) in [4.78, 5) is 12.1. The van der Waals surface area contributed by atoms with Crippen molar-refractivity contribution in [3.05, 3.63) is 59.7 Å². The minimum atomic E-state index is -0.199. The Kier molecular flexibility index (Phi) is 5.33. The fourth-order valence-electron chi connectivity index (χ4n) is 2.65. The summed E-state index contributed by atoms with van der Waals surface area (Å²) in [5.74, 6) is 0.828. The van der Waals surface area contributed by atoms with E-state index in [0.29, 0.717) is 19.8 Å². The van der Waals surface area contributed by atoms with Crippen LogP contribution in [0.4, 0.5) is 10.5 Å². The molecule has 1 fully saturated rings. The number of anilines is 1. The van der Waals surface area contributed by atoms with E-state index in [0.717, 1.165) is 29.0 Å². The van der Waals surface area contributed by atoms with Gasteiger partial charge in [0, 0.05) is 12.3 Å². The lowest BCUT2D eigenvalue weighted by atomic mass is 10.1. The first-order valence-corrected chi connectivity index (χ1v) is 8.14. The molecule has 0 aromatic heterocycles. The van der Waals surface area contributed by atoms with Crippen molar-refractivity contribution in [1.82, 2.24) is 5.32 Å². The summed E-state index contributed by atoms with van der Waals surface area (Å²) in [6.07, 6.45) is 0.858. The predicted molar refractivity (Wildman–Crippen MR) is 93.3 cm³/mol. The smallest absolute Gasteiger partial charge is 0.319 e. The van der Waals surface area contributed by atoms with E-state index >= 15 is 0 Å². The molecule has 5 heteroatoms. The van der Waals surface area contributed by atoms with E-state index in [1.54, 1.807) is 0 Å². The third-order valence-corrected chi connectivity index (χ3v) is 4.10. The first kappa shape index (κ1) is 16.3. The zero-order valence-electron chi connectivity index (χ0n) is 13.7. The molecule has 1 heterocycles. The number of carbonyl (C=O) groups is 1. The number of hydrogen-bond acceptors (Lipinski definition) is 3. The fraction of sp³-hybridized carbons (Fsp3) is 0.316. The third-order valence-electron chi connectivity index (χ3n) is 4.10. The molecule has 0 saturated carbocycles. The summed E-state index contributed by atoms with van der Waals surface area (Å²) in [5.41, 5.74) is 2.84. The highest BCUT2D eigenvalue weighted by Gasteiger charge is 2.18. The fourth-order valence-corrected chi connectivity index (χ4v) is 2.65. The van der Waals surface area contributed by atoms with Crippen molar-refractivity contribution in [3.63, 3.8) is 0 Å². The molecule has 2 aromatic carbocycles. The average Bonchev–Trinajstić information content (AvgIpc) is 3.09. The van der Waals surface area contributed by atoms with Crippen molar-refractivity contribution in [2.45, 2.75) is 26.0 Å². The number of para-hydroxylation sites is 1. The van der Waals surface area contributed by atoms with Crippen molar-refractivity contribution in [3.8, 4) is 5.75 Å². The standard InChI is InChI=1S/C19H22N2O3/c1-14-15(12-24-17-7-3-2-4-8-17)6-5-9-18(14)21-19(22)20-16-10-11-23-13-16/h2-9,16H,10-13H2,1H3,(H2,20,21,22). The summed E-state index contributed by atoms with van der Waals surface area (Å²) in [6, 6.07) is 15.4. The van der Waals surface area contributed by atoms with Crippen molar-refractivity contribution in [1.29, 1.82) is 0 Å². The molecule has 0 spiro atoms. The minimum Gasteiger partial charge on any atom is -0.489 e. The lowest BCUT2D eigenvalue weighted by Crippen LogP contribution is -2.38. The van der Waals surface area contributed by atoms with E-state index in [2.05, 4.69) is 10.6 Å². The van der Waals surface area contributed by atoms with Crippen molar-refractivity contribution in [2.75, 3.05) is 18.5 Å². The van der Waals surface area contributed by atoms with Crippen LogP contribution in [0.25, 0.3) is 0 Å². The second kappa shape index (κ2) is 7.84. The van der Waals surface area contributed by atoms with Crippen LogP contribution < -0.4 is 15.4 Å². The van der Waals surface area contributed by atoms with E-state index in [9.17, 15) is 4.79 Å². The second-order valence-corrected chi connectivity index (χ2v) is 5.85. The van der Waals surface area contributed by atoms with E-state index in [1.165, 1.54) is 0 Å². The monoisotopic (exact) mass is 326 g/mol. The summed E-state index contributed by atoms with van der Waals surface area (Å²) in [5, 5.41) is 5.84. The van der Waals surface area contributed by atoms with Gasteiger partial charge >= 0.3 is 6.03 Å². The summed E-state index contributed by atoms with van der Waals surface area (Å²) in [7, 11) is 0. The molecule has 3 rings (SSSR count). The van der Waals surface area contributed by atoms with Crippen LogP contribution in [0.5, 0.6) is 5.75 Å². The number of nitrogens with one attached hydrogen (secondary N) is 2. The molecule has 1 unspecified atom stereocenters. The van der Waals surface area contributed by atoms with E-state index in [-0.39, 0.29) is 12.1 Å². The van der Waals surface area contributed by atoms with E-state index in [1.807, 2.05) is 55.5 Å². The van der Waals surface area contributed by atoms with Gasteiger partial charge in [0.15, 0.2) is 0 Å². The van der Waals surface area contributed by atoms with Gasteiger partial charge < -0.3 is 20.1 Å². The Labute approximate surface area is 142 Å². The highest BCUT2D eigenvalue weighted by Crippen LogP contribution is 2.21. The van der Waals surface area contributed by atoms with Crippen LogP contribution in [-0.4, -0.2) is 25.3 Å². The van der Waals surface area contributed by atoms with E-state index in [4.69, 9.17) is 9.47 Å². The first-order valence-electron chi connectivity index (χ1n) is 8.14. The van der Waals surface area contributed by atoms with Crippen molar-refractivity contribution < 1.29 is 14.3 Å². The quantitative estimate of drug-likeness (QED) is 0.884. The molecule has 1 aliphatic heterocycles. The number of benzene rings is 2. The van der Waals surface area contributed by atoms with Crippen LogP contribution in [-0.2, 0) is 11.3 Å². The van der Waals surface area contributed by atoms with Crippen LogP contribution in [0.2, 0.25) is 0 Å². The molecular weight excluding hydrogens is 304 g/mol. The molecule has 0 bridgehead atoms. The van der Waals surface area contributed by atoms with Gasteiger partial charge in [0.05, 0.1) is 12.6 Å². The number of hydrogen-bond donors (Lipinski definition) is 2. The minimum absolute atomic E-state index is 0.0925. The number of ether oxygens (including phenoxy) is 2. The number of amides is 2. The Morgan fingerprint density at radius 1 is 1.21 bits per heavy atom. The molecule has 24 heavy (non-hydrogen) atoms. The largest absolute Gasteiger partial charge is 0.489 e. The molecule has 2 N–H and O–H groups in total. The highest BCUT2D eigenvalue weighted by atomic mass is 16.5. The first-order chi connectivity index (χ1) is 11.7. The number of carbonyl (C=O) groups excluding carboxylic acids is 1. The van der Waals surface area contributed by atoms with Gasteiger partial charge in [-0.2, -0.15) is 0 Å². The maximum Gasteiger partial charge on any atom is 0.319 e. The molecule has 126 valence electrons. The van der Waals surface area contributed by atoms with Crippen molar-refractivity contribution >= 4 is 11.7 Å². The molecule has 1 aliphatic rings. The number of rotatable bonds is 5. The molecular formula is C19H22N2O3. The molecule has 5 nitrogen and oxygen atoms in total. The lowest BCUT2D eigenvalue weighted by Gasteiger charge is -2.15. The average molecular weight is 326 g/mol. The Balaban J connectivity index is 1.61. The zero-order valence-corrected chi connectivity index (χ0v) is 13.7. The topological polar surface area (TPSA) is 59.6 Å². The molecule has 1 saturated heterocycles. The van der Waals surface area contributed by atoms with Crippen LogP contribution in [0, 0.1) is 6.92 Å². The number of urea groups is 1. The van der Waals surface area contributed by atoms with Crippen LogP contribution in [0.15, 0.2) is 48.5 Å². The Morgan fingerprint density at radius 2 is 2.04 bits per heavy atom. The SMILES string of the molecule is Cc1c(COc2ccccc2)cccc1NC(=O)NC1CCOC1. The molecule has 0 aliphatic carbocycles. The predicted octanol–water partition coefficient (Wildman–Crippen LogP) is 3.48. The molecule has 0 radical (unpaired) electrons. The van der Waals surface area contributed by atoms with Gasteiger partial charge in [0.2, 0.25) is 0 Å². The molecule has 2 aromatic rings. The van der Waals surface area contributed by atoms with Gasteiger partial charge in [-0.3, -0.25) is 0 Å². The molecule has 1 atom stereocenters. The van der Waals surface area contributed by atoms with Gasteiger partial charge in [-0.05, 0) is 42.7 Å². The Hall–Kier alpha value is -2.53. The van der Waals surface area contributed by atoms with Crippen LogP contribution >= 0.6 is 0 Å². The van der Waals surface area contributed by atoms with Crippen LogP contribution in [0.1, 0.15) is 17.5 Å². The van der Waals surface area contributed by atoms with Gasteiger partial charge in [-0.25, -0.2) is 4.79 Å². The van der Waals surface area contributed by atoms with Gasteiger partial charge in [-0.15, -0.1) is 0 Å². The Morgan fingerprint density at radius 3 is 2.79 bits per heavy atom. The maximum absolute atomic E-state index is 12.1. The van der Waals surface area contributed by atoms with Crippen molar-refractivity contribution in [2.24, 2.45) is 0 Å². The second-order valence-electron chi connectivity index (χ2n) is 5.85. The van der Waals surface area contributed by atoms with Gasteiger partial charge in [-0.1, -0.05) is 30.3 Å². The van der Waals surface area contributed by atoms with Gasteiger partial charge in [0.25, 0.3) is 0 Å². The Bertz CT molecular complexity index is 682.